The number of carbonyl (C=O) groups excluding carboxylic acids is 1. The number of hydrogen-bond donors (Lipinski definition) is 1. The van der Waals surface area contributed by atoms with Crippen LogP contribution in [-0.2, 0) is 11.2 Å². The highest BCUT2D eigenvalue weighted by Crippen LogP contribution is 2.16. The minimum Gasteiger partial charge on any atom is -0.478 e. The van der Waals surface area contributed by atoms with Crippen molar-refractivity contribution in [1.29, 1.82) is 0 Å². The Morgan fingerprint density at radius 3 is 2.72 bits per heavy atom. The van der Waals surface area contributed by atoms with Gasteiger partial charge in [0.05, 0.1) is 11.0 Å². The van der Waals surface area contributed by atoms with Gasteiger partial charge < -0.3 is 5.11 Å². The molecule has 2 aromatic rings. The molecule has 0 amide bonds. The highest BCUT2D eigenvalue weighted by Gasteiger charge is 2.13. The number of benzene rings is 1. The second-order valence-electron chi connectivity index (χ2n) is 3.72. The van der Waals surface area contributed by atoms with Gasteiger partial charge >= 0.3 is 5.97 Å². The lowest BCUT2D eigenvalue weighted by Gasteiger charge is -2.02. The molecule has 5 nitrogen and oxygen atoms in total. The zero-order valence-corrected chi connectivity index (χ0v) is 9.83. The molecule has 1 N–H and O–H groups in total. The number of imidazole rings is 1. The van der Waals surface area contributed by atoms with Crippen LogP contribution in [0.2, 0.25) is 0 Å². The van der Waals surface area contributed by atoms with Gasteiger partial charge in [0.1, 0.15) is 5.82 Å². The first-order valence-electron chi connectivity index (χ1n) is 5.55. The Balaban J connectivity index is 2.54. The van der Waals surface area contributed by atoms with Gasteiger partial charge in [-0.05, 0) is 12.1 Å². The smallest absolute Gasteiger partial charge is 0.328 e. The fourth-order valence-corrected chi connectivity index (χ4v) is 1.78. The highest BCUT2D eigenvalue weighted by molar-refractivity contribution is 6.00. The molecule has 1 aromatic heterocycles. The first kappa shape index (κ1) is 12.0. The van der Waals surface area contributed by atoms with Crippen LogP contribution in [0.5, 0.6) is 0 Å². The van der Waals surface area contributed by atoms with E-state index in [2.05, 4.69) is 4.98 Å². The van der Waals surface area contributed by atoms with Crippen LogP contribution in [0.3, 0.4) is 0 Å². The summed E-state index contributed by atoms with van der Waals surface area (Å²) >= 11 is 0. The monoisotopic (exact) mass is 244 g/mol. The number of allylic oxidation sites excluding steroid dienone is 1. The molecule has 0 fully saturated rings. The molecule has 0 unspecified atom stereocenters. The molecular formula is C13H12N2O3. The number of hydrogen-bond acceptors (Lipinski definition) is 3. The van der Waals surface area contributed by atoms with Crippen molar-refractivity contribution < 1.29 is 14.7 Å². The lowest BCUT2D eigenvalue weighted by molar-refractivity contribution is -0.131. The Bertz CT molecular complexity index is 641. The van der Waals surface area contributed by atoms with Crippen LogP contribution in [0.4, 0.5) is 0 Å². The standard InChI is InChI=1S/C13H12N2O3/c1-2-11-14-9-5-3-4-6-10(9)15(11)12(16)7-8-13(17)18/h3-8H,2H2,1H3,(H,17,18)/b8-7-. The fourth-order valence-electron chi connectivity index (χ4n) is 1.78. The molecule has 92 valence electrons. The van der Waals surface area contributed by atoms with Crippen LogP contribution in [0.25, 0.3) is 11.0 Å². The van der Waals surface area contributed by atoms with E-state index in [0.717, 1.165) is 17.7 Å². The van der Waals surface area contributed by atoms with Gasteiger partial charge in [-0.25, -0.2) is 9.78 Å². The van der Waals surface area contributed by atoms with Gasteiger partial charge in [0, 0.05) is 18.6 Å². The molecule has 0 aliphatic heterocycles. The number of aryl methyl sites for hydroxylation is 1. The number of rotatable bonds is 3. The van der Waals surface area contributed by atoms with Gasteiger partial charge in [-0.2, -0.15) is 0 Å². The van der Waals surface area contributed by atoms with E-state index in [4.69, 9.17) is 5.11 Å². The molecule has 0 radical (unpaired) electrons. The van der Waals surface area contributed by atoms with E-state index in [1.807, 2.05) is 25.1 Å². The third kappa shape index (κ3) is 2.15. The van der Waals surface area contributed by atoms with Gasteiger partial charge in [0.15, 0.2) is 0 Å². The summed E-state index contributed by atoms with van der Waals surface area (Å²) in [7, 11) is 0. The summed E-state index contributed by atoms with van der Waals surface area (Å²) in [6.45, 7) is 1.89. The van der Waals surface area contributed by atoms with Gasteiger partial charge in [-0.15, -0.1) is 0 Å². The van der Waals surface area contributed by atoms with E-state index in [1.54, 1.807) is 6.07 Å². The number of carboxylic acids is 1. The van der Waals surface area contributed by atoms with E-state index >= 15 is 0 Å². The Morgan fingerprint density at radius 1 is 1.33 bits per heavy atom. The zero-order chi connectivity index (χ0) is 13.1. The first-order valence-corrected chi connectivity index (χ1v) is 5.55. The largest absolute Gasteiger partial charge is 0.478 e. The third-order valence-electron chi connectivity index (χ3n) is 2.54. The normalized spacial score (nSPS) is 11.2. The zero-order valence-electron chi connectivity index (χ0n) is 9.83. The topological polar surface area (TPSA) is 72.2 Å². The lowest BCUT2D eigenvalue weighted by Crippen LogP contribution is -2.11. The third-order valence-corrected chi connectivity index (χ3v) is 2.54. The van der Waals surface area contributed by atoms with Gasteiger partial charge in [0.25, 0.3) is 5.91 Å². The maximum Gasteiger partial charge on any atom is 0.328 e. The van der Waals surface area contributed by atoms with Crippen molar-refractivity contribution in [2.24, 2.45) is 0 Å². The molecule has 0 saturated heterocycles. The number of fused-ring (bicyclic) bond motifs is 1. The number of nitrogens with zero attached hydrogens (tertiary/aromatic N) is 2. The molecule has 0 saturated carbocycles. The van der Waals surface area contributed by atoms with Crippen LogP contribution in [0.15, 0.2) is 36.4 Å². The van der Waals surface area contributed by atoms with Crippen LogP contribution < -0.4 is 0 Å². The summed E-state index contributed by atoms with van der Waals surface area (Å²) in [5, 5.41) is 8.54. The fraction of sp³-hybridized carbons (Fsp3) is 0.154. The molecule has 0 bridgehead atoms. The number of para-hydroxylation sites is 2. The van der Waals surface area contributed by atoms with Crippen molar-refractivity contribution in [3.63, 3.8) is 0 Å². The predicted octanol–water partition coefficient (Wildman–Crippen LogP) is 1.88. The average Bonchev–Trinajstić information content (AvgIpc) is 2.74. The van der Waals surface area contributed by atoms with Gasteiger partial charge in [-0.1, -0.05) is 19.1 Å². The minimum absolute atomic E-state index is 0.400. The molecule has 0 aliphatic carbocycles. The summed E-state index contributed by atoms with van der Waals surface area (Å²) in [6.07, 6.45) is 2.47. The molecule has 18 heavy (non-hydrogen) atoms. The molecule has 1 aromatic carbocycles. The van der Waals surface area contributed by atoms with Crippen molar-refractivity contribution in [3.05, 3.63) is 42.2 Å². The van der Waals surface area contributed by atoms with Crippen molar-refractivity contribution in [2.75, 3.05) is 0 Å². The molecule has 1 heterocycles. The van der Waals surface area contributed by atoms with E-state index in [1.165, 1.54) is 4.57 Å². The SMILES string of the molecule is CCc1nc2ccccc2n1C(=O)/C=C\C(=O)O. The molecule has 0 atom stereocenters. The summed E-state index contributed by atoms with van der Waals surface area (Å²) in [5.74, 6) is -0.926. The maximum atomic E-state index is 12.0. The molecule has 2 rings (SSSR count). The van der Waals surface area contributed by atoms with Crippen LogP contribution in [0, 0.1) is 0 Å². The van der Waals surface area contributed by atoms with Crippen molar-refractivity contribution in [2.45, 2.75) is 13.3 Å². The van der Waals surface area contributed by atoms with Crippen LogP contribution in [-0.4, -0.2) is 26.5 Å². The number of aromatic nitrogens is 2. The summed E-state index contributed by atoms with van der Waals surface area (Å²) in [5.41, 5.74) is 1.42. The molecule has 5 heteroatoms. The second-order valence-corrected chi connectivity index (χ2v) is 3.72. The molecule has 0 spiro atoms. The van der Waals surface area contributed by atoms with Gasteiger partial charge in [-0.3, -0.25) is 9.36 Å². The van der Waals surface area contributed by atoms with Gasteiger partial charge in [0.2, 0.25) is 0 Å². The number of carbonyl (C=O) groups is 2. The minimum atomic E-state index is -1.15. The lowest BCUT2D eigenvalue weighted by atomic mass is 10.3. The Kier molecular flexibility index (Phi) is 3.23. The van der Waals surface area contributed by atoms with E-state index in [-0.39, 0.29) is 0 Å². The molecule has 0 aliphatic rings. The average molecular weight is 244 g/mol. The first-order chi connectivity index (χ1) is 8.63. The van der Waals surface area contributed by atoms with E-state index in [0.29, 0.717) is 17.8 Å². The van der Waals surface area contributed by atoms with E-state index < -0.39 is 11.9 Å². The summed E-state index contributed by atoms with van der Waals surface area (Å²) in [4.78, 5) is 26.7. The van der Waals surface area contributed by atoms with Crippen LogP contribution >= 0.6 is 0 Å². The van der Waals surface area contributed by atoms with Crippen LogP contribution in [0.1, 0.15) is 17.5 Å². The second kappa shape index (κ2) is 4.83. The quantitative estimate of drug-likeness (QED) is 0.837. The Morgan fingerprint density at radius 2 is 2.06 bits per heavy atom. The summed E-state index contributed by atoms with van der Waals surface area (Å²) < 4.78 is 1.44. The predicted molar refractivity (Wildman–Crippen MR) is 66.5 cm³/mol. The van der Waals surface area contributed by atoms with Crippen molar-refractivity contribution in [1.82, 2.24) is 9.55 Å². The van der Waals surface area contributed by atoms with E-state index in [9.17, 15) is 9.59 Å². The summed E-state index contributed by atoms with van der Waals surface area (Å²) in [6, 6.07) is 7.26. The number of carboxylic acid groups (broad SMARTS) is 1. The van der Waals surface area contributed by atoms with Crippen molar-refractivity contribution in [3.8, 4) is 0 Å². The number of aliphatic carboxylic acids is 1. The maximum absolute atomic E-state index is 12.0. The van der Waals surface area contributed by atoms with Crippen molar-refractivity contribution >= 4 is 22.9 Å². The Labute approximate surface area is 103 Å². The molecular weight excluding hydrogens is 232 g/mol. The highest BCUT2D eigenvalue weighted by atomic mass is 16.4. The Hall–Kier alpha value is -2.43.